The summed E-state index contributed by atoms with van der Waals surface area (Å²) in [5, 5.41) is 5.43. The maximum absolute atomic E-state index is 13.2. The largest absolute Gasteiger partial charge is 0.377 e. The van der Waals surface area contributed by atoms with Crippen LogP contribution in [0.2, 0.25) is 0 Å². The Bertz CT molecular complexity index is 1420. The SMILES string of the molecule is O=C(CCC(=O)N1Cc2ccccc2C#Cc2ccccc21)NCCOCCOCCNC(=O)CCN1C(=O)C=CC1=O. The van der Waals surface area contributed by atoms with Gasteiger partial charge in [-0.3, -0.25) is 28.9 Å². The van der Waals surface area contributed by atoms with E-state index in [0.717, 1.165) is 27.3 Å². The van der Waals surface area contributed by atoms with Gasteiger partial charge < -0.3 is 25.0 Å². The highest BCUT2D eigenvalue weighted by Crippen LogP contribution is 2.26. The molecule has 0 atom stereocenters. The molecule has 2 heterocycles. The summed E-state index contributed by atoms with van der Waals surface area (Å²) in [7, 11) is 0. The number of nitrogens with one attached hydrogen (secondary N) is 2. The monoisotopic (exact) mass is 586 g/mol. The van der Waals surface area contributed by atoms with Gasteiger partial charge in [-0.15, -0.1) is 0 Å². The number of carbonyl (C=O) groups excluding carboxylic acids is 5. The quantitative estimate of drug-likeness (QED) is 0.183. The topological polar surface area (TPSA) is 134 Å². The van der Waals surface area contributed by atoms with Gasteiger partial charge in [0.2, 0.25) is 17.7 Å². The Kier molecular flexibility index (Phi) is 11.6. The molecule has 2 aliphatic heterocycles. The van der Waals surface area contributed by atoms with E-state index in [1.54, 1.807) is 4.90 Å². The number of carbonyl (C=O) groups is 5. The molecule has 0 bridgehead atoms. The number of nitrogens with zero attached hydrogens (tertiary/aromatic N) is 2. The highest BCUT2D eigenvalue weighted by molar-refractivity contribution is 6.13. The van der Waals surface area contributed by atoms with Crippen molar-refractivity contribution in [1.29, 1.82) is 0 Å². The fourth-order valence-electron chi connectivity index (χ4n) is 4.45. The molecule has 11 nitrogen and oxygen atoms in total. The van der Waals surface area contributed by atoms with Crippen LogP contribution in [0.15, 0.2) is 60.7 Å². The van der Waals surface area contributed by atoms with E-state index >= 15 is 0 Å². The third kappa shape index (κ3) is 9.36. The van der Waals surface area contributed by atoms with Gasteiger partial charge in [-0.2, -0.15) is 0 Å². The number of fused-ring (bicyclic) bond motifs is 2. The normalized spacial score (nSPS) is 13.4. The van der Waals surface area contributed by atoms with Crippen LogP contribution in [-0.2, 0) is 40.0 Å². The number of hydrogen-bond acceptors (Lipinski definition) is 7. The van der Waals surface area contributed by atoms with Gasteiger partial charge in [0.1, 0.15) is 0 Å². The first-order valence-corrected chi connectivity index (χ1v) is 14.1. The number of anilines is 1. The smallest absolute Gasteiger partial charge is 0.253 e. The molecule has 2 aromatic carbocycles. The lowest BCUT2D eigenvalue weighted by Gasteiger charge is -2.26. The number of para-hydroxylation sites is 1. The Morgan fingerprint density at radius 3 is 2.00 bits per heavy atom. The first-order chi connectivity index (χ1) is 20.9. The zero-order valence-corrected chi connectivity index (χ0v) is 23.8. The lowest BCUT2D eigenvalue weighted by Crippen LogP contribution is -2.35. The van der Waals surface area contributed by atoms with Gasteiger partial charge in [0.05, 0.1) is 38.7 Å². The second-order valence-electron chi connectivity index (χ2n) is 9.74. The number of ether oxygens (including phenoxy) is 2. The molecule has 0 saturated heterocycles. The van der Waals surface area contributed by atoms with E-state index in [2.05, 4.69) is 22.5 Å². The van der Waals surface area contributed by atoms with Crippen LogP contribution in [0.3, 0.4) is 0 Å². The number of hydrogen-bond donors (Lipinski definition) is 2. The van der Waals surface area contributed by atoms with Crippen LogP contribution in [0.25, 0.3) is 0 Å². The molecule has 0 fully saturated rings. The molecule has 5 amide bonds. The van der Waals surface area contributed by atoms with Crippen LogP contribution in [0.5, 0.6) is 0 Å². The number of rotatable bonds is 15. The summed E-state index contributed by atoms with van der Waals surface area (Å²) in [4.78, 5) is 63.1. The number of amides is 5. The van der Waals surface area contributed by atoms with Crippen molar-refractivity contribution in [3.8, 4) is 11.8 Å². The molecule has 0 radical (unpaired) electrons. The van der Waals surface area contributed by atoms with Gasteiger partial charge in [-0.25, -0.2) is 0 Å². The van der Waals surface area contributed by atoms with Crippen LogP contribution in [0, 0.1) is 11.8 Å². The molecule has 224 valence electrons. The summed E-state index contributed by atoms with van der Waals surface area (Å²) in [6, 6.07) is 15.3. The Hall–Kier alpha value is -4.79. The lowest BCUT2D eigenvalue weighted by atomic mass is 10.0. The van der Waals surface area contributed by atoms with E-state index in [-0.39, 0.29) is 63.3 Å². The fraction of sp³-hybridized carbons (Fsp3) is 0.344. The standard InChI is InChI=1S/C32H34N4O7/c37-28(33-16-19-42-21-22-43-20-17-34-29(38)15-18-35-30(39)13-14-31(35)40)11-12-32(41)36-23-26-7-2-1-5-24(26)9-10-25-6-3-4-8-27(25)36/h1-8,13-14H,11-12,15-23H2,(H,33,37)(H,34,38). The van der Waals surface area contributed by atoms with Gasteiger partial charge in [-0.05, 0) is 23.8 Å². The molecule has 0 aliphatic carbocycles. The summed E-state index contributed by atoms with van der Waals surface area (Å²) in [6.45, 7) is 2.20. The van der Waals surface area contributed by atoms with Gasteiger partial charge in [-0.1, -0.05) is 42.2 Å². The van der Waals surface area contributed by atoms with Crippen LogP contribution in [0.4, 0.5) is 5.69 Å². The maximum atomic E-state index is 13.2. The predicted molar refractivity (Wildman–Crippen MR) is 157 cm³/mol. The first-order valence-electron chi connectivity index (χ1n) is 14.1. The van der Waals surface area contributed by atoms with E-state index in [9.17, 15) is 24.0 Å². The second-order valence-corrected chi connectivity index (χ2v) is 9.74. The van der Waals surface area contributed by atoms with Crippen molar-refractivity contribution in [2.45, 2.75) is 25.8 Å². The molecule has 0 aromatic heterocycles. The van der Waals surface area contributed by atoms with Crippen molar-refractivity contribution in [3.63, 3.8) is 0 Å². The molecule has 0 unspecified atom stereocenters. The van der Waals surface area contributed by atoms with Crippen LogP contribution in [0.1, 0.15) is 36.0 Å². The molecular formula is C32H34N4O7. The Labute approximate surface area is 250 Å². The summed E-state index contributed by atoms with van der Waals surface area (Å²) in [5.41, 5.74) is 3.34. The third-order valence-corrected chi connectivity index (χ3v) is 6.71. The molecule has 0 spiro atoms. The van der Waals surface area contributed by atoms with Gasteiger partial charge in [0.15, 0.2) is 0 Å². The first kappa shape index (κ1) is 31.2. The molecule has 2 aromatic rings. The van der Waals surface area contributed by atoms with Crippen molar-refractivity contribution >= 4 is 35.2 Å². The van der Waals surface area contributed by atoms with E-state index in [1.165, 1.54) is 12.2 Å². The third-order valence-electron chi connectivity index (χ3n) is 6.71. The molecule has 2 N–H and O–H groups in total. The summed E-state index contributed by atoms with van der Waals surface area (Å²) < 4.78 is 10.9. The average Bonchev–Trinajstić information content (AvgIpc) is 3.33. The summed E-state index contributed by atoms with van der Waals surface area (Å²) in [5.74, 6) is 4.86. The van der Waals surface area contributed by atoms with Gasteiger partial charge in [0, 0.05) is 62.2 Å². The van der Waals surface area contributed by atoms with Gasteiger partial charge >= 0.3 is 0 Å². The zero-order valence-electron chi connectivity index (χ0n) is 23.8. The van der Waals surface area contributed by atoms with E-state index in [0.29, 0.717) is 26.3 Å². The zero-order chi connectivity index (χ0) is 30.4. The lowest BCUT2D eigenvalue weighted by molar-refractivity contribution is -0.137. The number of benzene rings is 2. The van der Waals surface area contributed by atoms with Crippen molar-refractivity contribution in [3.05, 3.63) is 77.4 Å². The van der Waals surface area contributed by atoms with Crippen LogP contribution < -0.4 is 15.5 Å². The Morgan fingerprint density at radius 2 is 1.30 bits per heavy atom. The highest BCUT2D eigenvalue weighted by Gasteiger charge is 2.24. The van der Waals surface area contributed by atoms with E-state index in [1.807, 2.05) is 48.5 Å². The van der Waals surface area contributed by atoms with Crippen molar-refractivity contribution in [2.24, 2.45) is 0 Å². The molecule has 11 heteroatoms. The van der Waals surface area contributed by atoms with Crippen molar-refractivity contribution in [2.75, 3.05) is 51.0 Å². The predicted octanol–water partition coefficient (Wildman–Crippen LogP) is 1.29. The summed E-state index contributed by atoms with van der Waals surface area (Å²) in [6.07, 6.45) is 2.51. The maximum Gasteiger partial charge on any atom is 0.253 e. The Morgan fingerprint density at radius 1 is 0.721 bits per heavy atom. The van der Waals surface area contributed by atoms with Crippen molar-refractivity contribution in [1.82, 2.24) is 15.5 Å². The average molecular weight is 587 g/mol. The number of imide groups is 1. The van der Waals surface area contributed by atoms with Gasteiger partial charge in [0.25, 0.3) is 11.8 Å². The molecule has 43 heavy (non-hydrogen) atoms. The van der Waals surface area contributed by atoms with Crippen LogP contribution in [-0.4, -0.2) is 80.5 Å². The fourth-order valence-corrected chi connectivity index (χ4v) is 4.45. The summed E-state index contributed by atoms with van der Waals surface area (Å²) >= 11 is 0. The van der Waals surface area contributed by atoms with Crippen molar-refractivity contribution < 1.29 is 33.4 Å². The molecular weight excluding hydrogens is 552 g/mol. The van der Waals surface area contributed by atoms with Crippen LogP contribution >= 0.6 is 0 Å². The van der Waals surface area contributed by atoms with E-state index in [4.69, 9.17) is 9.47 Å². The highest BCUT2D eigenvalue weighted by atomic mass is 16.5. The Balaban J connectivity index is 1.05. The van der Waals surface area contributed by atoms with E-state index < -0.39 is 11.8 Å². The minimum atomic E-state index is -0.413. The molecule has 4 rings (SSSR count). The second kappa shape index (κ2) is 16.0. The minimum Gasteiger partial charge on any atom is -0.377 e. The molecule has 0 saturated carbocycles. The minimum absolute atomic E-state index is 0.0259. The molecule has 2 aliphatic rings.